The van der Waals surface area contributed by atoms with E-state index in [0.29, 0.717) is 17.3 Å². The molecule has 3 heteroatoms. The zero-order valence-electron chi connectivity index (χ0n) is 11.1. The van der Waals surface area contributed by atoms with Gasteiger partial charge in [-0.05, 0) is 44.9 Å². The zero-order chi connectivity index (χ0) is 13.0. The summed E-state index contributed by atoms with van der Waals surface area (Å²) < 4.78 is 14.0. The highest BCUT2D eigenvalue weighted by atomic mass is 19.1. The van der Waals surface area contributed by atoms with E-state index in [0.717, 1.165) is 13.0 Å². The second-order valence-electron chi connectivity index (χ2n) is 4.43. The maximum absolute atomic E-state index is 14.0. The van der Waals surface area contributed by atoms with Gasteiger partial charge in [0.15, 0.2) is 0 Å². The molecule has 1 rings (SSSR count). The molecule has 1 unspecified atom stereocenters. The van der Waals surface area contributed by atoms with Crippen LogP contribution in [0.5, 0.6) is 0 Å². The first-order valence-electron chi connectivity index (χ1n) is 6.25. The van der Waals surface area contributed by atoms with Crippen LogP contribution in [0.25, 0.3) is 0 Å². The fourth-order valence-electron chi connectivity index (χ4n) is 1.96. The second-order valence-corrected chi connectivity index (χ2v) is 4.43. The Morgan fingerprint density at radius 1 is 1.29 bits per heavy atom. The van der Waals surface area contributed by atoms with Crippen LogP contribution >= 0.6 is 0 Å². The van der Waals surface area contributed by atoms with Crippen LogP contribution < -0.4 is 4.90 Å². The Balaban J connectivity index is 3.05. The summed E-state index contributed by atoms with van der Waals surface area (Å²) in [5.41, 5.74) is 1.23. The number of aliphatic hydroxyl groups excluding tert-OH is 1. The summed E-state index contributed by atoms with van der Waals surface area (Å²) in [7, 11) is 0. The minimum Gasteiger partial charge on any atom is -0.389 e. The van der Waals surface area contributed by atoms with E-state index in [4.69, 9.17) is 0 Å². The van der Waals surface area contributed by atoms with Crippen molar-refractivity contribution in [2.45, 2.75) is 46.3 Å². The predicted molar refractivity (Wildman–Crippen MR) is 69.8 cm³/mol. The minimum atomic E-state index is -0.628. The molecule has 2 atom stereocenters. The van der Waals surface area contributed by atoms with Crippen molar-refractivity contribution < 1.29 is 9.50 Å². The van der Waals surface area contributed by atoms with E-state index in [1.165, 1.54) is 6.07 Å². The molecule has 0 aliphatic heterocycles. The van der Waals surface area contributed by atoms with E-state index in [-0.39, 0.29) is 5.82 Å². The molecule has 0 aliphatic rings. The quantitative estimate of drug-likeness (QED) is 0.850. The van der Waals surface area contributed by atoms with E-state index in [9.17, 15) is 9.50 Å². The van der Waals surface area contributed by atoms with Crippen molar-refractivity contribution in [1.29, 1.82) is 0 Å². The third-order valence-corrected chi connectivity index (χ3v) is 3.23. The first-order valence-corrected chi connectivity index (χ1v) is 6.25. The fourth-order valence-corrected chi connectivity index (χ4v) is 1.96. The van der Waals surface area contributed by atoms with Crippen molar-refractivity contribution in [3.63, 3.8) is 0 Å². The van der Waals surface area contributed by atoms with Gasteiger partial charge in [-0.25, -0.2) is 4.39 Å². The molecule has 0 fully saturated rings. The summed E-state index contributed by atoms with van der Waals surface area (Å²) in [6.07, 6.45) is 0.350. The molecule has 0 amide bonds. The lowest BCUT2D eigenvalue weighted by atomic mass is 10.1. The van der Waals surface area contributed by atoms with Crippen LogP contribution in [-0.2, 0) is 0 Å². The average Bonchev–Trinajstić information content (AvgIpc) is 2.31. The van der Waals surface area contributed by atoms with Crippen molar-refractivity contribution in [1.82, 2.24) is 0 Å². The van der Waals surface area contributed by atoms with E-state index >= 15 is 0 Å². The van der Waals surface area contributed by atoms with Crippen LogP contribution in [0.1, 0.15) is 45.8 Å². The standard InChI is InChI=1S/C14H22FNO/c1-5-10(3)16(6-2)14-8-7-12(11(4)17)9-13(14)15/h7-11,17H,5-6H2,1-4H3/t10?,11-/m0/s1. The largest absolute Gasteiger partial charge is 0.389 e. The summed E-state index contributed by atoms with van der Waals surface area (Å²) in [4.78, 5) is 2.04. The van der Waals surface area contributed by atoms with Crippen LogP contribution in [0.2, 0.25) is 0 Å². The molecular formula is C14H22FNO. The number of nitrogens with zero attached hydrogens (tertiary/aromatic N) is 1. The highest BCUT2D eigenvalue weighted by Crippen LogP contribution is 2.25. The highest BCUT2D eigenvalue weighted by molar-refractivity contribution is 5.50. The van der Waals surface area contributed by atoms with E-state index in [1.807, 2.05) is 11.8 Å². The summed E-state index contributed by atoms with van der Waals surface area (Å²) in [5, 5.41) is 9.41. The van der Waals surface area contributed by atoms with Gasteiger partial charge in [0.25, 0.3) is 0 Å². The second kappa shape index (κ2) is 6.01. The number of aliphatic hydroxyl groups is 1. The minimum absolute atomic E-state index is 0.259. The molecule has 0 saturated heterocycles. The van der Waals surface area contributed by atoms with Gasteiger partial charge in [0.05, 0.1) is 11.8 Å². The Hall–Kier alpha value is -1.09. The summed E-state index contributed by atoms with van der Waals surface area (Å²) in [6.45, 7) is 8.62. The predicted octanol–water partition coefficient (Wildman–Crippen LogP) is 3.50. The first-order chi connectivity index (χ1) is 8.01. The lowest BCUT2D eigenvalue weighted by Crippen LogP contribution is -2.33. The Morgan fingerprint density at radius 2 is 1.94 bits per heavy atom. The lowest BCUT2D eigenvalue weighted by Gasteiger charge is -2.30. The van der Waals surface area contributed by atoms with Gasteiger partial charge in [0, 0.05) is 12.6 Å². The van der Waals surface area contributed by atoms with Crippen molar-refractivity contribution in [3.05, 3.63) is 29.6 Å². The molecule has 1 aromatic rings. The maximum atomic E-state index is 14.0. The Kier molecular flexibility index (Phi) is 4.94. The molecule has 0 radical (unpaired) electrons. The summed E-state index contributed by atoms with van der Waals surface area (Å²) in [5.74, 6) is -0.259. The first kappa shape index (κ1) is 14.0. The SMILES string of the molecule is CCC(C)N(CC)c1ccc([C@H](C)O)cc1F. The Morgan fingerprint density at radius 3 is 2.35 bits per heavy atom. The van der Waals surface area contributed by atoms with Crippen LogP contribution in [0, 0.1) is 5.82 Å². The van der Waals surface area contributed by atoms with Crippen LogP contribution in [0.3, 0.4) is 0 Å². The molecule has 0 aliphatic carbocycles. The van der Waals surface area contributed by atoms with E-state index in [2.05, 4.69) is 13.8 Å². The van der Waals surface area contributed by atoms with Gasteiger partial charge >= 0.3 is 0 Å². The lowest BCUT2D eigenvalue weighted by molar-refractivity contribution is 0.199. The molecule has 96 valence electrons. The van der Waals surface area contributed by atoms with Crippen LogP contribution in [-0.4, -0.2) is 17.7 Å². The van der Waals surface area contributed by atoms with Gasteiger partial charge in [0.2, 0.25) is 0 Å². The van der Waals surface area contributed by atoms with Crippen molar-refractivity contribution >= 4 is 5.69 Å². The number of benzene rings is 1. The van der Waals surface area contributed by atoms with Gasteiger partial charge < -0.3 is 10.0 Å². The highest BCUT2D eigenvalue weighted by Gasteiger charge is 2.16. The van der Waals surface area contributed by atoms with Crippen molar-refractivity contribution in [2.24, 2.45) is 0 Å². The average molecular weight is 239 g/mol. The maximum Gasteiger partial charge on any atom is 0.146 e. The molecule has 0 heterocycles. The third kappa shape index (κ3) is 3.19. The van der Waals surface area contributed by atoms with Crippen molar-refractivity contribution in [2.75, 3.05) is 11.4 Å². The van der Waals surface area contributed by atoms with Gasteiger partial charge in [0.1, 0.15) is 5.82 Å². The molecule has 0 aromatic heterocycles. The monoisotopic (exact) mass is 239 g/mol. The molecule has 0 bridgehead atoms. The van der Waals surface area contributed by atoms with E-state index in [1.54, 1.807) is 19.1 Å². The van der Waals surface area contributed by atoms with Gasteiger partial charge in [-0.1, -0.05) is 13.0 Å². The number of halogens is 1. The molecule has 2 nitrogen and oxygen atoms in total. The van der Waals surface area contributed by atoms with Crippen LogP contribution in [0.4, 0.5) is 10.1 Å². The zero-order valence-corrected chi connectivity index (χ0v) is 11.1. The fraction of sp³-hybridized carbons (Fsp3) is 0.571. The topological polar surface area (TPSA) is 23.5 Å². The normalized spacial score (nSPS) is 14.5. The van der Waals surface area contributed by atoms with E-state index < -0.39 is 6.10 Å². The Bertz CT molecular complexity index is 365. The molecule has 1 aromatic carbocycles. The van der Waals surface area contributed by atoms with Gasteiger partial charge in [-0.3, -0.25) is 0 Å². The molecular weight excluding hydrogens is 217 g/mol. The Labute approximate surface area is 103 Å². The third-order valence-electron chi connectivity index (χ3n) is 3.23. The number of hydrogen-bond acceptors (Lipinski definition) is 2. The molecule has 0 spiro atoms. The molecule has 1 N–H and O–H groups in total. The van der Waals surface area contributed by atoms with Gasteiger partial charge in [-0.2, -0.15) is 0 Å². The molecule has 0 saturated carbocycles. The summed E-state index contributed by atoms with van der Waals surface area (Å²) >= 11 is 0. The number of hydrogen-bond donors (Lipinski definition) is 1. The smallest absolute Gasteiger partial charge is 0.146 e. The molecule has 17 heavy (non-hydrogen) atoms. The van der Waals surface area contributed by atoms with Crippen molar-refractivity contribution in [3.8, 4) is 0 Å². The van der Waals surface area contributed by atoms with Crippen LogP contribution in [0.15, 0.2) is 18.2 Å². The number of anilines is 1. The number of rotatable bonds is 5. The van der Waals surface area contributed by atoms with Gasteiger partial charge in [-0.15, -0.1) is 0 Å². The summed E-state index contributed by atoms with van der Waals surface area (Å²) in [6, 6.07) is 5.28.